The van der Waals surface area contributed by atoms with Crippen molar-refractivity contribution in [2.45, 2.75) is 13.0 Å². The molecule has 2 nitrogen and oxygen atoms in total. The number of hydrogen-bond donors (Lipinski definition) is 0. The zero-order valence-corrected chi connectivity index (χ0v) is 12.9. The van der Waals surface area contributed by atoms with Crippen molar-refractivity contribution in [3.63, 3.8) is 0 Å². The molecule has 0 saturated heterocycles. The molecule has 2 aromatic carbocycles. The van der Waals surface area contributed by atoms with E-state index in [1.165, 1.54) is 18.2 Å². The second-order valence-electron chi connectivity index (χ2n) is 4.63. The normalized spacial score (nSPS) is 12.0. The maximum Gasteiger partial charge on any atom is 0.254 e. The summed E-state index contributed by atoms with van der Waals surface area (Å²) < 4.78 is 13.5. The van der Waals surface area contributed by atoms with Crippen molar-refractivity contribution >= 4 is 21.8 Å². The van der Waals surface area contributed by atoms with Crippen molar-refractivity contribution in [2.24, 2.45) is 0 Å². The van der Waals surface area contributed by atoms with Crippen molar-refractivity contribution < 1.29 is 9.18 Å². The Balaban J connectivity index is 2.22. The molecule has 20 heavy (non-hydrogen) atoms. The summed E-state index contributed by atoms with van der Waals surface area (Å²) in [6.07, 6.45) is 0. The van der Waals surface area contributed by atoms with Gasteiger partial charge in [0.2, 0.25) is 0 Å². The van der Waals surface area contributed by atoms with E-state index < -0.39 is 0 Å². The number of amides is 1. The predicted octanol–water partition coefficient (Wildman–Crippen LogP) is 4.42. The lowest BCUT2D eigenvalue weighted by molar-refractivity contribution is 0.0742. The van der Waals surface area contributed by atoms with Crippen LogP contribution in [0.4, 0.5) is 4.39 Å². The highest BCUT2D eigenvalue weighted by Crippen LogP contribution is 2.22. The van der Waals surface area contributed by atoms with Crippen LogP contribution in [0.3, 0.4) is 0 Å². The first-order valence-corrected chi connectivity index (χ1v) is 7.07. The molecule has 0 bridgehead atoms. The molecule has 0 aliphatic carbocycles. The molecule has 0 heterocycles. The lowest BCUT2D eigenvalue weighted by Crippen LogP contribution is -2.29. The molecule has 1 atom stereocenters. The van der Waals surface area contributed by atoms with E-state index in [0.717, 1.165) is 5.56 Å². The summed E-state index contributed by atoms with van der Waals surface area (Å²) in [4.78, 5) is 14.1. The SMILES string of the molecule is CC(c1ccccc1)N(C)C(=O)c1ccc(F)c(Br)c1. The van der Waals surface area contributed by atoms with Crippen LogP contribution in [0.1, 0.15) is 28.9 Å². The average molecular weight is 336 g/mol. The Morgan fingerprint density at radius 2 is 1.85 bits per heavy atom. The molecule has 4 heteroatoms. The minimum absolute atomic E-state index is 0.0486. The van der Waals surface area contributed by atoms with Gasteiger partial charge in [-0.05, 0) is 46.6 Å². The summed E-state index contributed by atoms with van der Waals surface area (Å²) in [5.41, 5.74) is 1.52. The van der Waals surface area contributed by atoms with Crippen LogP contribution >= 0.6 is 15.9 Å². The molecule has 0 aliphatic heterocycles. The number of nitrogens with zero attached hydrogens (tertiary/aromatic N) is 1. The number of halogens is 2. The van der Waals surface area contributed by atoms with Gasteiger partial charge in [0.15, 0.2) is 0 Å². The minimum atomic E-state index is -0.375. The Bertz CT molecular complexity index is 615. The third-order valence-electron chi connectivity index (χ3n) is 3.35. The molecule has 2 aromatic rings. The highest BCUT2D eigenvalue weighted by molar-refractivity contribution is 9.10. The van der Waals surface area contributed by atoms with Gasteiger partial charge in [-0.3, -0.25) is 4.79 Å². The van der Waals surface area contributed by atoms with Crippen molar-refractivity contribution in [3.05, 3.63) is 69.9 Å². The maximum atomic E-state index is 13.2. The van der Waals surface area contributed by atoms with E-state index in [4.69, 9.17) is 0 Å². The molecule has 0 aromatic heterocycles. The molecule has 1 unspecified atom stereocenters. The van der Waals surface area contributed by atoms with Crippen molar-refractivity contribution in [1.29, 1.82) is 0 Å². The summed E-state index contributed by atoms with van der Waals surface area (Å²) in [5, 5.41) is 0. The van der Waals surface area contributed by atoms with Crippen LogP contribution in [0.15, 0.2) is 53.0 Å². The number of hydrogen-bond acceptors (Lipinski definition) is 1. The number of benzene rings is 2. The second kappa shape index (κ2) is 6.18. The fourth-order valence-corrected chi connectivity index (χ4v) is 2.34. The number of carbonyl (C=O) groups is 1. The van der Waals surface area contributed by atoms with Crippen LogP contribution in [-0.4, -0.2) is 17.9 Å². The molecule has 1 amide bonds. The van der Waals surface area contributed by atoms with E-state index in [0.29, 0.717) is 10.0 Å². The molecule has 0 radical (unpaired) electrons. The quantitative estimate of drug-likeness (QED) is 0.812. The monoisotopic (exact) mass is 335 g/mol. The first-order valence-electron chi connectivity index (χ1n) is 6.28. The van der Waals surface area contributed by atoms with Gasteiger partial charge in [0.1, 0.15) is 5.82 Å². The van der Waals surface area contributed by atoms with Crippen molar-refractivity contribution in [3.8, 4) is 0 Å². The average Bonchev–Trinajstić information content (AvgIpc) is 2.48. The molecule has 0 spiro atoms. The Labute approximate surface area is 126 Å². The number of rotatable bonds is 3. The van der Waals surface area contributed by atoms with E-state index >= 15 is 0 Å². The Morgan fingerprint density at radius 3 is 2.45 bits per heavy atom. The first kappa shape index (κ1) is 14.7. The summed E-state index contributed by atoms with van der Waals surface area (Å²) in [6, 6.07) is 14.0. The highest BCUT2D eigenvalue weighted by atomic mass is 79.9. The number of carbonyl (C=O) groups excluding carboxylic acids is 1. The Morgan fingerprint density at radius 1 is 1.20 bits per heavy atom. The predicted molar refractivity (Wildman–Crippen MR) is 81.1 cm³/mol. The lowest BCUT2D eigenvalue weighted by Gasteiger charge is -2.25. The topological polar surface area (TPSA) is 20.3 Å². The largest absolute Gasteiger partial charge is 0.335 e. The zero-order chi connectivity index (χ0) is 14.7. The molecule has 2 rings (SSSR count). The van der Waals surface area contributed by atoms with E-state index in [1.807, 2.05) is 37.3 Å². The third-order valence-corrected chi connectivity index (χ3v) is 3.96. The van der Waals surface area contributed by atoms with Gasteiger partial charge in [0, 0.05) is 12.6 Å². The van der Waals surface area contributed by atoms with Crippen LogP contribution < -0.4 is 0 Å². The van der Waals surface area contributed by atoms with Crippen molar-refractivity contribution in [1.82, 2.24) is 4.90 Å². The zero-order valence-electron chi connectivity index (χ0n) is 11.3. The first-order chi connectivity index (χ1) is 9.50. The Hall–Kier alpha value is -1.68. The second-order valence-corrected chi connectivity index (χ2v) is 5.49. The van der Waals surface area contributed by atoms with Gasteiger partial charge in [-0.1, -0.05) is 30.3 Å². The van der Waals surface area contributed by atoms with Crippen LogP contribution in [0.2, 0.25) is 0 Å². The van der Waals surface area contributed by atoms with Gasteiger partial charge in [0.25, 0.3) is 5.91 Å². The molecule has 0 fully saturated rings. The van der Waals surface area contributed by atoms with E-state index in [2.05, 4.69) is 15.9 Å². The van der Waals surface area contributed by atoms with Crippen molar-refractivity contribution in [2.75, 3.05) is 7.05 Å². The fraction of sp³-hybridized carbons (Fsp3) is 0.188. The van der Waals surface area contributed by atoms with Crippen LogP contribution in [0, 0.1) is 5.82 Å². The maximum absolute atomic E-state index is 13.2. The molecular weight excluding hydrogens is 321 g/mol. The van der Waals surface area contributed by atoms with Gasteiger partial charge in [-0.15, -0.1) is 0 Å². The summed E-state index contributed by atoms with van der Waals surface area (Å²) in [7, 11) is 1.75. The molecule has 0 aliphatic rings. The molecule has 0 N–H and O–H groups in total. The standard InChI is InChI=1S/C16H15BrFNO/c1-11(12-6-4-3-5-7-12)19(2)16(20)13-8-9-15(18)14(17)10-13/h3-11H,1-2H3. The van der Waals surface area contributed by atoms with Gasteiger partial charge in [-0.25, -0.2) is 4.39 Å². The fourth-order valence-electron chi connectivity index (χ4n) is 1.96. The minimum Gasteiger partial charge on any atom is -0.335 e. The lowest BCUT2D eigenvalue weighted by atomic mass is 10.1. The van der Waals surface area contributed by atoms with Gasteiger partial charge in [0.05, 0.1) is 10.5 Å². The van der Waals surface area contributed by atoms with Gasteiger partial charge in [-0.2, -0.15) is 0 Å². The highest BCUT2D eigenvalue weighted by Gasteiger charge is 2.19. The summed E-state index contributed by atoms with van der Waals surface area (Å²) >= 11 is 3.10. The summed E-state index contributed by atoms with van der Waals surface area (Å²) in [5.74, 6) is -0.512. The van der Waals surface area contributed by atoms with E-state index in [9.17, 15) is 9.18 Å². The van der Waals surface area contributed by atoms with Crippen LogP contribution in [-0.2, 0) is 0 Å². The summed E-state index contributed by atoms with van der Waals surface area (Å²) in [6.45, 7) is 1.96. The third kappa shape index (κ3) is 3.07. The van der Waals surface area contributed by atoms with Gasteiger partial charge >= 0.3 is 0 Å². The van der Waals surface area contributed by atoms with Gasteiger partial charge < -0.3 is 4.90 Å². The molecule has 104 valence electrons. The Kier molecular flexibility index (Phi) is 4.55. The van der Waals surface area contributed by atoms with E-state index in [-0.39, 0.29) is 17.8 Å². The molecule has 0 saturated carbocycles. The van der Waals surface area contributed by atoms with Crippen LogP contribution in [0.5, 0.6) is 0 Å². The smallest absolute Gasteiger partial charge is 0.254 e. The van der Waals surface area contributed by atoms with E-state index in [1.54, 1.807) is 11.9 Å². The molecular formula is C16H15BrFNO. The van der Waals surface area contributed by atoms with Crippen LogP contribution in [0.25, 0.3) is 0 Å².